The van der Waals surface area contributed by atoms with E-state index in [9.17, 15) is 19.2 Å². The van der Waals surface area contributed by atoms with Crippen molar-refractivity contribution < 1.29 is 28.7 Å². The van der Waals surface area contributed by atoms with Gasteiger partial charge in [-0.3, -0.25) is 19.2 Å². The molecule has 124 valence electrons. The predicted octanol–water partition coefficient (Wildman–Crippen LogP) is -0.344. The molecule has 0 spiro atoms. The van der Waals surface area contributed by atoms with E-state index in [0.29, 0.717) is 0 Å². The van der Waals surface area contributed by atoms with E-state index < -0.39 is 24.0 Å². The van der Waals surface area contributed by atoms with Crippen LogP contribution in [0.15, 0.2) is 0 Å². The zero-order chi connectivity index (χ0) is 16.5. The molecule has 1 saturated heterocycles. The van der Waals surface area contributed by atoms with Gasteiger partial charge in [-0.1, -0.05) is 0 Å². The molecular formula is C14H22N2O6. The zero-order valence-corrected chi connectivity index (χ0v) is 12.8. The van der Waals surface area contributed by atoms with Crippen LogP contribution in [-0.4, -0.2) is 49.1 Å². The van der Waals surface area contributed by atoms with Crippen LogP contribution in [0.25, 0.3) is 0 Å². The molecule has 2 amide bonds. The van der Waals surface area contributed by atoms with Crippen LogP contribution in [0.4, 0.5) is 0 Å². The number of nitrogens with one attached hydrogen (secondary N) is 2. The zero-order valence-electron chi connectivity index (χ0n) is 12.8. The molecule has 0 aromatic carbocycles. The third-order valence-corrected chi connectivity index (χ3v) is 3.15. The summed E-state index contributed by atoms with van der Waals surface area (Å²) >= 11 is 0. The lowest BCUT2D eigenvalue weighted by atomic mass is 10.0. The number of piperazine rings is 1. The van der Waals surface area contributed by atoms with E-state index in [1.54, 1.807) is 13.8 Å². The van der Waals surface area contributed by atoms with Gasteiger partial charge in [-0.05, 0) is 26.7 Å². The first-order chi connectivity index (χ1) is 10.5. The molecule has 0 aliphatic carbocycles. The summed E-state index contributed by atoms with van der Waals surface area (Å²) in [5, 5.41) is 5.12. The summed E-state index contributed by atoms with van der Waals surface area (Å²) in [7, 11) is 0. The number of amides is 2. The summed E-state index contributed by atoms with van der Waals surface area (Å²) in [4.78, 5) is 46.3. The lowest BCUT2D eigenvalue weighted by Gasteiger charge is -2.29. The van der Waals surface area contributed by atoms with E-state index in [0.717, 1.165) is 0 Å². The van der Waals surface area contributed by atoms with E-state index in [4.69, 9.17) is 9.47 Å². The van der Waals surface area contributed by atoms with Crippen molar-refractivity contribution in [1.29, 1.82) is 0 Å². The van der Waals surface area contributed by atoms with Gasteiger partial charge in [0.25, 0.3) is 0 Å². The van der Waals surface area contributed by atoms with Gasteiger partial charge in [0.1, 0.15) is 12.1 Å². The van der Waals surface area contributed by atoms with Gasteiger partial charge in [0.05, 0.1) is 13.2 Å². The molecule has 0 aromatic heterocycles. The van der Waals surface area contributed by atoms with Gasteiger partial charge in [-0.2, -0.15) is 0 Å². The van der Waals surface area contributed by atoms with Crippen molar-refractivity contribution >= 4 is 23.8 Å². The average Bonchev–Trinajstić information content (AvgIpc) is 2.47. The Labute approximate surface area is 128 Å². The second kappa shape index (κ2) is 9.01. The highest BCUT2D eigenvalue weighted by molar-refractivity contribution is 5.97. The summed E-state index contributed by atoms with van der Waals surface area (Å²) in [5.41, 5.74) is 0. The number of carbonyl (C=O) groups excluding carboxylic acids is 4. The second-order valence-corrected chi connectivity index (χ2v) is 4.81. The molecule has 2 atom stereocenters. The first-order valence-corrected chi connectivity index (χ1v) is 7.39. The minimum absolute atomic E-state index is 0.0553. The van der Waals surface area contributed by atoms with Crippen molar-refractivity contribution in [2.75, 3.05) is 13.2 Å². The van der Waals surface area contributed by atoms with Gasteiger partial charge in [0.15, 0.2) is 0 Å². The highest BCUT2D eigenvalue weighted by Gasteiger charge is 2.33. The first kappa shape index (κ1) is 17.9. The minimum atomic E-state index is -0.754. The smallest absolute Gasteiger partial charge is 0.305 e. The molecular weight excluding hydrogens is 292 g/mol. The van der Waals surface area contributed by atoms with E-state index in [-0.39, 0.29) is 50.7 Å². The molecule has 0 aromatic rings. The Morgan fingerprint density at radius 3 is 1.55 bits per heavy atom. The van der Waals surface area contributed by atoms with Gasteiger partial charge in [0.2, 0.25) is 11.8 Å². The SMILES string of the molecule is CCOC(=O)CCC1NC(=O)C(CCC(=O)OCC)NC1=O. The van der Waals surface area contributed by atoms with Gasteiger partial charge >= 0.3 is 11.9 Å². The maximum absolute atomic E-state index is 11.9. The fourth-order valence-corrected chi connectivity index (χ4v) is 2.07. The fraction of sp³-hybridized carbons (Fsp3) is 0.714. The quantitative estimate of drug-likeness (QED) is 0.593. The van der Waals surface area contributed by atoms with Gasteiger partial charge in [0, 0.05) is 12.8 Å². The molecule has 8 heteroatoms. The number of ether oxygens (including phenoxy) is 2. The summed E-state index contributed by atoms with van der Waals surface area (Å²) in [6, 6.07) is -1.51. The van der Waals surface area contributed by atoms with Crippen molar-refractivity contribution in [1.82, 2.24) is 10.6 Å². The van der Waals surface area contributed by atoms with Crippen molar-refractivity contribution in [3.63, 3.8) is 0 Å². The molecule has 2 unspecified atom stereocenters. The van der Waals surface area contributed by atoms with Crippen LogP contribution in [-0.2, 0) is 28.7 Å². The van der Waals surface area contributed by atoms with Crippen LogP contribution in [0.5, 0.6) is 0 Å². The van der Waals surface area contributed by atoms with Crippen molar-refractivity contribution in [3.8, 4) is 0 Å². The summed E-state index contributed by atoms with van der Waals surface area (Å²) < 4.78 is 9.54. The molecule has 1 heterocycles. The molecule has 0 radical (unpaired) electrons. The van der Waals surface area contributed by atoms with Gasteiger partial charge in [-0.25, -0.2) is 0 Å². The molecule has 2 N–H and O–H groups in total. The number of rotatable bonds is 8. The van der Waals surface area contributed by atoms with E-state index in [1.807, 2.05) is 0 Å². The lowest BCUT2D eigenvalue weighted by Crippen LogP contribution is -2.61. The topological polar surface area (TPSA) is 111 Å². The van der Waals surface area contributed by atoms with E-state index in [1.165, 1.54) is 0 Å². The molecule has 0 bridgehead atoms. The molecule has 22 heavy (non-hydrogen) atoms. The normalized spacial score (nSPS) is 20.8. The van der Waals surface area contributed by atoms with Gasteiger partial charge < -0.3 is 20.1 Å². The van der Waals surface area contributed by atoms with Crippen LogP contribution < -0.4 is 10.6 Å². The Morgan fingerprint density at radius 2 is 1.23 bits per heavy atom. The summed E-state index contributed by atoms with van der Waals surface area (Å²) in [6.07, 6.45) is 0.474. The largest absolute Gasteiger partial charge is 0.466 e. The van der Waals surface area contributed by atoms with E-state index in [2.05, 4.69) is 10.6 Å². The predicted molar refractivity (Wildman–Crippen MR) is 75.6 cm³/mol. The number of esters is 2. The second-order valence-electron chi connectivity index (χ2n) is 4.81. The third kappa shape index (κ3) is 5.71. The van der Waals surface area contributed by atoms with Crippen LogP contribution in [0.1, 0.15) is 39.5 Å². The number of hydrogen-bond acceptors (Lipinski definition) is 6. The fourth-order valence-electron chi connectivity index (χ4n) is 2.07. The Bertz CT molecular complexity index is 397. The Kier molecular flexibility index (Phi) is 7.34. The molecule has 1 fully saturated rings. The van der Waals surface area contributed by atoms with Crippen LogP contribution >= 0.6 is 0 Å². The highest BCUT2D eigenvalue weighted by atomic mass is 16.5. The standard InChI is InChI=1S/C14H22N2O6/c1-3-21-11(17)7-5-9-13(19)16-10(14(20)15-9)6-8-12(18)22-4-2/h9-10H,3-8H2,1-2H3,(H,15,20)(H,16,19). The highest BCUT2D eigenvalue weighted by Crippen LogP contribution is 2.09. The molecule has 8 nitrogen and oxygen atoms in total. The van der Waals surface area contributed by atoms with Crippen molar-refractivity contribution in [2.45, 2.75) is 51.6 Å². The van der Waals surface area contributed by atoms with Crippen LogP contribution in [0, 0.1) is 0 Å². The van der Waals surface area contributed by atoms with Crippen LogP contribution in [0.2, 0.25) is 0 Å². The van der Waals surface area contributed by atoms with E-state index >= 15 is 0 Å². The maximum Gasteiger partial charge on any atom is 0.305 e. The number of carbonyl (C=O) groups is 4. The molecule has 1 rings (SSSR count). The Hall–Kier alpha value is -2.12. The summed E-state index contributed by atoms with van der Waals surface area (Å²) in [6.45, 7) is 3.94. The monoisotopic (exact) mass is 314 g/mol. The third-order valence-electron chi connectivity index (χ3n) is 3.15. The number of hydrogen-bond donors (Lipinski definition) is 2. The first-order valence-electron chi connectivity index (χ1n) is 7.39. The molecule has 0 saturated carbocycles. The van der Waals surface area contributed by atoms with Gasteiger partial charge in [-0.15, -0.1) is 0 Å². The maximum atomic E-state index is 11.9. The molecule has 1 aliphatic rings. The Morgan fingerprint density at radius 1 is 0.864 bits per heavy atom. The minimum Gasteiger partial charge on any atom is -0.466 e. The van der Waals surface area contributed by atoms with Crippen molar-refractivity contribution in [2.24, 2.45) is 0 Å². The van der Waals surface area contributed by atoms with Crippen molar-refractivity contribution in [3.05, 3.63) is 0 Å². The molecule has 1 aliphatic heterocycles. The van der Waals surface area contributed by atoms with Crippen LogP contribution in [0.3, 0.4) is 0 Å². The Balaban J connectivity index is 2.40. The average molecular weight is 314 g/mol. The summed E-state index contributed by atoms with van der Waals surface area (Å²) in [5.74, 6) is -1.54. The lowest BCUT2D eigenvalue weighted by molar-refractivity contribution is -0.146.